The number of aromatic nitrogens is 4. The van der Waals surface area contributed by atoms with Crippen molar-refractivity contribution in [3.05, 3.63) is 41.5 Å². The Morgan fingerprint density at radius 3 is 2.95 bits per heavy atom. The van der Waals surface area contributed by atoms with E-state index in [1.807, 2.05) is 19.1 Å². The van der Waals surface area contributed by atoms with Gasteiger partial charge in [0.05, 0.1) is 18.4 Å². The van der Waals surface area contributed by atoms with Crippen molar-refractivity contribution in [2.45, 2.75) is 26.4 Å². The van der Waals surface area contributed by atoms with Crippen LogP contribution in [0.5, 0.6) is 0 Å². The first-order valence-electron chi connectivity index (χ1n) is 6.43. The van der Waals surface area contributed by atoms with Gasteiger partial charge in [0.25, 0.3) is 5.91 Å². The average Bonchev–Trinajstić information content (AvgIpc) is 2.92. The molecule has 2 N–H and O–H groups in total. The third-order valence-electron chi connectivity index (χ3n) is 2.85. The minimum atomic E-state index is -1.05. The van der Waals surface area contributed by atoms with Crippen LogP contribution < -0.4 is 5.32 Å². The smallest absolute Gasteiger partial charge is 0.325 e. The van der Waals surface area contributed by atoms with Gasteiger partial charge in [0.2, 0.25) is 0 Å². The molecule has 0 unspecified atom stereocenters. The number of nitrogens with one attached hydrogen (secondary N) is 1. The Hall–Kier alpha value is -2.77. The monoisotopic (exact) mass is 289 g/mol. The van der Waals surface area contributed by atoms with Crippen LogP contribution in [0.15, 0.2) is 24.5 Å². The van der Waals surface area contributed by atoms with Crippen molar-refractivity contribution >= 4 is 11.9 Å². The predicted octanol–water partition coefficient (Wildman–Crippen LogP) is 0.250. The highest BCUT2D eigenvalue weighted by atomic mass is 16.4. The number of aliphatic carboxylic acids is 1. The Kier molecular flexibility index (Phi) is 4.60. The number of hydrogen-bond acceptors (Lipinski definition) is 5. The van der Waals surface area contributed by atoms with Crippen LogP contribution in [0, 0.1) is 0 Å². The maximum atomic E-state index is 11.9. The van der Waals surface area contributed by atoms with Gasteiger partial charge in [-0.05, 0) is 18.1 Å². The topological polar surface area (TPSA) is 110 Å². The summed E-state index contributed by atoms with van der Waals surface area (Å²) in [4.78, 5) is 26.7. The van der Waals surface area contributed by atoms with Crippen LogP contribution in [0.2, 0.25) is 0 Å². The molecule has 1 amide bonds. The summed E-state index contributed by atoms with van der Waals surface area (Å²) in [5.41, 5.74) is 1.93. The lowest BCUT2D eigenvalue weighted by molar-refractivity contribution is -0.137. The second-order valence-electron chi connectivity index (χ2n) is 4.34. The molecule has 0 aliphatic heterocycles. The quantitative estimate of drug-likeness (QED) is 0.788. The fraction of sp³-hybridized carbons (Fsp3) is 0.308. The maximum Gasteiger partial charge on any atom is 0.325 e. The predicted molar refractivity (Wildman–Crippen MR) is 72.4 cm³/mol. The molecule has 8 nitrogen and oxygen atoms in total. The summed E-state index contributed by atoms with van der Waals surface area (Å²) in [6, 6.07) is 3.80. The number of amides is 1. The lowest BCUT2D eigenvalue weighted by atomic mass is 10.1. The van der Waals surface area contributed by atoms with Gasteiger partial charge in [0.1, 0.15) is 6.54 Å². The first-order valence-corrected chi connectivity index (χ1v) is 6.43. The van der Waals surface area contributed by atoms with E-state index in [1.54, 1.807) is 6.20 Å². The number of carbonyl (C=O) groups excluding carboxylic acids is 1. The molecule has 8 heteroatoms. The Morgan fingerprint density at radius 2 is 2.24 bits per heavy atom. The largest absolute Gasteiger partial charge is 0.480 e. The van der Waals surface area contributed by atoms with Crippen molar-refractivity contribution in [2.75, 3.05) is 0 Å². The van der Waals surface area contributed by atoms with E-state index >= 15 is 0 Å². The third-order valence-corrected chi connectivity index (χ3v) is 2.85. The molecule has 2 heterocycles. The minimum Gasteiger partial charge on any atom is -0.480 e. The summed E-state index contributed by atoms with van der Waals surface area (Å²) in [5, 5.41) is 18.5. The van der Waals surface area contributed by atoms with Gasteiger partial charge in [-0.15, -0.1) is 5.10 Å². The van der Waals surface area contributed by atoms with Crippen molar-refractivity contribution in [3.8, 4) is 0 Å². The summed E-state index contributed by atoms with van der Waals surface area (Å²) in [5.74, 6) is -1.47. The van der Waals surface area contributed by atoms with E-state index in [2.05, 4.69) is 20.6 Å². The molecule has 0 fully saturated rings. The van der Waals surface area contributed by atoms with Crippen molar-refractivity contribution < 1.29 is 14.7 Å². The lowest BCUT2D eigenvalue weighted by Gasteiger charge is -2.06. The van der Waals surface area contributed by atoms with Crippen LogP contribution in [-0.2, 0) is 24.3 Å². The highest BCUT2D eigenvalue weighted by molar-refractivity contribution is 5.91. The number of aryl methyl sites for hydroxylation is 1. The Labute approximate surface area is 120 Å². The Bertz CT molecular complexity index is 653. The lowest BCUT2D eigenvalue weighted by Crippen LogP contribution is -2.24. The van der Waals surface area contributed by atoms with Crippen LogP contribution in [0.25, 0.3) is 0 Å². The molecule has 0 saturated carbocycles. The first-order chi connectivity index (χ1) is 10.1. The van der Waals surface area contributed by atoms with Crippen molar-refractivity contribution in [2.24, 2.45) is 0 Å². The molecule has 0 aliphatic rings. The number of carboxylic acids is 1. The van der Waals surface area contributed by atoms with Gasteiger partial charge in [-0.25, -0.2) is 4.68 Å². The van der Waals surface area contributed by atoms with E-state index in [1.165, 1.54) is 6.20 Å². The summed E-state index contributed by atoms with van der Waals surface area (Å²) >= 11 is 0. The molecule has 0 radical (unpaired) electrons. The van der Waals surface area contributed by atoms with E-state index in [0.29, 0.717) is 0 Å². The number of rotatable bonds is 6. The van der Waals surface area contributed by atoms with Gasteiger partial charge < -0.3 is 10.4 Å². The minimum absolute atomic E-state index is 0.0743. The third kappa shape index (κ3) is 3.85. The van der Waals surface area contributed by atoms with Crippen molar-refractivity contribution in [1.29, 1.82) is 0 Å². The molecular formula is C13H15N5O3. The molecule has 0 aromatic carbocycles. The second-order valence-corrected chi connectivity index (χ2v) is 4.34. The molecule has 110 valence electrons. The molecule has 0 saturated heterocycles. The van der Waals surface area contributed by atoms with E-state index in [4.69, 9.17) is 5.11 Å². The highest BCUT2D eigenvalue weighted by Gasteiger charge is 2.12. The Morgan fingerprint density at radius 1 is 1.43 bits per heavy atom. The molecule has 0 aliphatic carbocycles. The van der Waals surface area contributed by atoms with E-state index in [0.717, 1.165) is 22.4 Å². The van der Waals surface area contributed by atoms with Gasteiger partial charge in [0.15, 0.2) is 5.69 Å². The summed E-state index contributed by atoms with van der Waals surface area (Å²) in [7, 11) is 0. The molecule has 0 atom stereocenters. The van der Waals surface area contributed by atoms with Crippen LogP contribution in [0.4, 0.5) is 0 Å². The fourth-order valence-corrected chi connectivity index (χ4v) is 1.83. The van der Waals surface area contributed by atoms with Gasteiger partial charge in [-0.1, -0.05) is 18.2 Å². The molecule has 0 bridgehead atoms. The summed E-state index contributed by atoms with van der Waals surface area (Å²) < 4.78 is 1.09. The normalized spacial score (nSPS) is 10.3. The van der Waals surface area contributed by atoms with E-state index in [-0.39, 0.29) is 18.8 Å². The zero-order chi connectivity index (χ0) is 15.2. The molecule has 0 spiro atoms. The number of carboxylic acid groups (broad SMARTS) is 1. The fourth-order valence-electron chi connectivity index (χ4n) is 1.83. The van der Waals surface area contributed by atoms with E-state index < -0.39 is 11.9 Å². The summed E-state index contributed by atoms with van der Waals surface area (Å²) in [6.07, 6.45) is 3.79. The summed E-state index contributed by atoms with van der Waals surface area (Å²) in [6.45, 7) is 1.97. The number of nitrogens with zero attached hydrogens (tertiary/aromatic N) is 4. The van der Waals surface area contributed by atoms with Gasteiger partial charge in [-0.3, -0.25) is 14.6 Å². The van der Waals surface area contributed by atoms with Crippen LogP contribution >= 0.6 is 0 Å². The van der Waals surface area contributed by atoms with Gasteiger partial charge in [0, 0.05) is 6.20 Å². The van der Waals surface area contributed by atoms with Crippen molar-refractivity contribution in [1.82, 2.24) is 25.3 Å². The van der Waals surface area contributed by atoms with Crippen LogP contribution in [0.1, 0.15) is 28.7 Å². The number of hydrogen-bond donors (Lipinski definition) is 2. The zero-order valence-electron chi connectivity index (χ0n) is 11.5. The zero-order valence-corrected chi connectivity index (χ0v) is 11.5. The molecule has 2 rings (SSSR count). The first kappa shape index (κ1) is 14.6. The second kappa shape index (κ2) is 6.60. The number of pyridine rings is 1. The SMILES string of the molecule is CCc1cccnc1CNC(=O)c1cn(CC(=O)O)nn1. The van der Waals surface area contributed by atoms with Crippen LogP contribution in [0.3, 0.4) is 0 Å². The van der Waals surface area contributed by atoms with Crippen LogP contribution in [-0.4, -0.2) is 37.0 Å². The van der Waals surface area contributed by atoms with Gasteiger partial charge >= 0.3 is 5.97 Å². The highest BCUT2D eigenvalue weighted by Crippen LogP contribution is 2.06. The maximum absolute atomic E-state index is 11.9. The Balaban J connectivity index is 1.98. The average molecular weight is 289 g/mol. The standard InChI is InChI=1S/C13H15N5O3/c1-2-9-4-3-5-14-10(9)6-15-13(21)11-7-18(17-16-11)8-12(19)20/h3-5,7H,2,6,8H2,1H3,(H,15,21)(H,19,20). The molecule has 2 aromatic rings. The number of carbonyl (C=O) groups is 2. The molecule has 2 aromatic heterocycles. The van der Waals surface area contributed by atoms with E-state index in [9.17, 15) is 9.59 Å². The van der Waals surface area contributed by atoms with Crippen molar-refractivity contribution in [3.63, 3.8) is 0 Å². The molecular weight excluding hydrogens is 274 g/mol. The van der Waals surface area contributed by atoms with Gasteiger partial charge in [-0.2, -0.15) is 0 Å². The molecule has 21 heavy (non-hydrogen) atoms.